The van der Waals surface area contributed by atoms with Gasteiger partial charge in [0, 0.05) is 18.5 Å². The van der Waals surface area contributed by atoms with Gasteiger partial charge in [0.1, 0.15) is 6.61 Å². The minimum atomic E-state index is -0.603. The lowest BCUT2D eigenvalue weighted by Gasteiger charge is -2.02. The summed E-state index contributed by atoms with van der Waals surface area (Å²) >= 11 is 0. The van der Waals surface area contributed by atoms with Crippen molar-refractivity contribution in [3.63, 3.8) is 0 Å². The van der Waals surface area contributed by atoms with Crippen LogP contribution < -0.4 is 0 Å². The van der Waals surface area contributed by atoms with Crippen LogP contribution in [0.25, 0.3) is 0 Å². The summed E-state index contributed by atoms with van der Waals surface area (Å²) in [5.41, 5.74) is 0. The zero-order valence-corrected chi connectivity index (χ0v) is 8.01. The summed E-state index contributed by atoms with van der Waals surface area (Å²) in [6, 6.07) is 0. The van der Waals surface area contributed by atoms with Crippen LogP contribution in [0.4, 0.5) is 0 Å². The van der Waals surface area contributed by atoms with E-state index in [-0.39, 0.29) is 6.61 Å². The van der Waals surface area contributed by atoms with Crippen LogP contribution in [0.5, 0.6) is 0 Å². The van der Waals surface area contributed by atoms with Crippen molar-refractivity contribution in [2.24, 2.45) is 0 Å². The topological polar surface area (TPSA) is 75.2 Å². The number of carbonyl (C=O) groups is 1. The van der Waals surface area contributed by atoms with Gasteiger partial charge < -0.3 is 14.8 Å². The fourth-order valence-corrected chi connectivity index (χ4v) is 0.477. The molecule has 0 saturated heterocycles. The molecule has 0 bridgehead atoms. The average Bonchev–Trinajstić information content (AvgIpc) is 2.71. The molecule has 14 heavy (non-hydrogen) atoms. The SMILES string of the molecule is C=CC(=O)OCC(C)O.c1c[nH]cn1. The molecule has 0 aliphatic carbocycles. The number of aromatic amines is 1. The second kappa shape index (κ2) is 8.00. The largest absolute Gasteiger partial charge is 0.460 e. The highest BCUT2D eigenvalue weighted by atomic mass is 16.5. The first-order valence-corrected chi connectivity index (χ1v) is 4.06. The van der Waals surface area contributed by atoms with Gasteiger partial charge in [-0.2, -0.15) is 0 Å². The van der Waals surface area contributed by atoms with E-state index in [0.29, 0.717) is 0 Å². The number of nitrogens with one attached hydrogen (secondary N) is 1. The highest BCUT2D eigenvalue weighted by Gasteiger charge is 1.98. The molecule has 1 aromatic heterocycles. The first-order valence-electron chi connectivity index (χ1n) is 4.06. The predicted molar refractivity (Wildman–Crippen MR) is 51.4 cm³/mol. The fourth-order valence-electron chi connectivity index (χ4n) is 0.477. The molecule has 1 heterocycles. The smallest absolute Gasteiger partial charge is 0.330 e. The lowest BCUT2D eigenvalue weighted by molar-refractivity contribution is -0.140. The van der Waals surface area contributed by atoms with E-state index in [2.05, 4.69) is 21.3 Å². The molecule has 0 aliphatic rings. The van der Waals surface area contributed by atoms with Gasteiger partial charge >= 0.3 is 5.97 Å². The summed E-state index contributed by atoms with van der Waals surface area (Å²) in [5, 5.41) is 8.59. The lowest BCUT2D eigenvalue weighted by Crippen LogP contribution is -2.13. The van der Waals surface area contributed by atoms with Gasteiger partial charge in [-0.25, -0.2) is 9.78 Å². The van der Waals surface area contributed by atoms with Crippen molar-refractivity contribution in [2.45, 2.75) is 13.0 Å². The molecule has 1 atom stereocenters. The van der Waals surface area contributed by atoms with Gasteiger partial charge in [0.2, 0.25) is 0 Å². The Hall–Kier alpha value is -1.62. The second-order valence-electron chi connectivity index (χ2n) is 2.44. The summed E-state index contributed by atoms with van der Waals surface area (Å²) in [4.78, 5) is 16.7. The zero-order valence-electron chi connectivity index (χ0n) is 8.01. The quantitative estimate of drug-likeness (QED) is 0.548. The number of hydrogen-bond acceptors (Lipinski definition) is 4. The molecule has 0 fully saturated rings. The molecule has 2 N–H and O–H groups in total. The standard InChI is InChI=1S/C6H10O3.C3H4N2/c1-3-6(8)9-4-5(2)7;1-2-5-3-4-1/h3,5,7H,1,4H2,2H3;1-3H,(H,4,5). The number of esters is 1. The number of aliphatic hydroxyl groups excluding tert-OH is 1. The molecule has 78 valence electrons. The van der Waals surface area contributed by atoms with Gasteiger partial charge in [0.05, 0.1) is 12.4 Å². The van der Waals surface area contributed by atoms with Crippen LogP contribution >= 0.6 is 0 Å². The number of hydrogen-bond donors (Lipinski definition) is 2. The fraction of sp³-hybridized carbons (Fsp3) is 0.333. The minimum Gasteiger partial charge on any atom is -0.460 e. The van der Waals surface area contributed by atoms with Crippen molar-refractivity contribution >= 4 is 5.97 Å². The third kappa shape index (κ3) is 8.48. The molecule has 0 radical (unpaired) electrons. The molecule has 0 amide bonds. The first-order chi connectivity index (χ1) is 6.66. The molecule has 5 nitrogen and oxygen atoms in total. The van der Waals surface area contributed by atoms with E-state index >= 15 is 0 Å². The van der Waals surface area contributed by atoms with Gasteiger partial charge in [-0.3, -0.25) is 0 Å². The second-order valence-corrected chi connectivity index (χ2v) is 2.44. The Morgan fingerprint density at radius 2 is 2.57 bits per heavy atom. The van der Waals surface area contributed by atoms with Crippen LogP contribution in [0, 0.1) is 0 Å². The number of imidazole rings is 1. The maximum Gasteiger partial charge on any atom is 0.330 e. The first kappa shape index (κ1) is 12.4. The van der Waals surface area contributed by atoms with Crippen LogP contribution in [-0.4, -0.2) is 33.8 Å². The van der Waals surface area contributed by atoms with Crippen molar-refractivity contribution < 1.29 is 14.6 Å². The van der Waals surface area contributed by atoms with Gasteiger partial charge in [-0.05, 0) is 6.92 Å². The maximum absolute atomic E-state index is 10.3. The van der Waals surface area contributed by atoms with E-state index in [4.69, 9.17) is 5.11 Å². The van der Waals surface area contributed by atoms with Crippen molar-refractivity contribution in [3.8, 4) is 0 Å². The van der Waals surface area contributed by atoms with Crippen molar-refractivity contribution in [1.82, 2.24) is 9.97 Å². The number of ether oxygens (including phenoxy) is 1. The third-order valence-electron chi connectivity index (χ3n) is 1.04. The highest BCUT2D eigenvalue weighted by molar-refractivity contribution is 5.81. The number of H-pyrrole nitrogens is 1. The normalized spacial score (nSPS) is 10.7. The summed E-state index contributed by atoms with van der Waals surface area (Å²) in [6.07, 6.45) is 5.54. The van der Waals surface area contributed by atoms with Crippen LogP contribution in [0.3, 0.4) is 0 Å². The zero-order chi connectivity index (χ0) is 10.8. The monoisotopic (exact) mass is 198 g/mol. The summed E-state index contributed by atoms with van der Waals surface area (Å²) < 4.78 is 4.45. The molecular weight excluding hydrogens is 184 g/mol. The number of carbonyl (C=O) groups excluding carboxylic acids is 1. The molecule has 5 heteroatoms. The van der Waals surface area contributed by atoms with E-state index in [0.717, 1.165) is 6.08 Å². The molecule has 0 spiro atoms. The summed E-state index contributed by atoms with van der Waals surface area (Å²) in [6.45, 7) is 4.75. The molecule has 0 aromatic carbocycles. The van der Waals surface area contributed by atoms with E-state index in [1.807, 2.05) is 0 Å². The van der Waals surface area contributed by atoms with Crippen molar-refractivity contribution in [2.75, 3.05) is 6.61 Å². The average molecular weight is 198 g/mol. The van der Waals surface area contributed by atoms with Crippen LogP contribution in [-0.2, 0) is 9.53 Å². The molecular formula is C9H14N2O3. The summed E-state index contributed by atoms with van der Waals surface area (Å²) in [5.74, 6) is -0.504. The van der Waals surface area contributed by atoms with E-state index < -0.39 is 12.1 Å². The minimum absolute atomic E-state index is 0.0326. The Bertz CT molecular complexity index is 227. The number of nitrogens with zero attached hydrogens (tertiary/aromatic N) is 1. The molecule has 0 aliphatic heterocycles. The third-order valence-corrected chi connectivity index (χ3v) is 1.04. The van der Waals surface area contributed by atoms with Gasteiger partial charge in [0.25, 0.3) is 0 Å². The Labute approximate surface area is 82.4 Å². The summed E-state index contributed by atoms with van der Waals surface area (Å²) in [7, 11) is 0. The van der Waals surface area contributed by atoms with Crippen molar-refractivity contribution in [3.05, 3.63) is 31.4 Å². The van der Waals surface area contributed by atoms with Crippen molar-refractivity contribution in [1.29, 1.82) is 0 Å². The highest BCUT2D eigenvalue weighted by Crippen LogP contribution is 1.83. The Balaban J connectivity index is 0.000000280. The van der Waals surface area contributed by atoms with E-state index in [9.17, 15) is 4.79 Å². The van der Waals surface area contributed by atoms with Gasteiger partial charge in [-0.15, -0.1) is 0 Å². The van der Waals surface area contributed by atoms with Gasteiger partial charge in [0.15, 0.2) is 0 Å². The van der Waals surface area contributed by atoms with Crippen LogP contribution in [0.15, 0.2) is 31.4 Å². The van der Waals surface area contributed by atoms with E-state index in [1.54, 1.807) is 18.7 Å². The Morgan fingerprint density at radius 3 is 2.86 bits per heavy atom. The van der Waals surface area contributed by atoms with E-state index in [1.165, 1.54) is 6.92 Å². The van der Waals surface area contributed by atoms with Crippen LogP contribution in [0.2, 0.25) is 0 Å². The number of aliphatic hydroxyl groups is 1. The Kier molecular flexibility index (Phi) is 7.07. The molecule has 0 saturated carbocycles. The number of aromatic nitrogens is 2. The lowest BCUT2D eigenvalue weighted by atomic mass is 10.4. The Morgan fingerprint density at radius 1 is 1.86 bits per heavy atom. The maximum atomic E-state index is 10.3. The molecule has 1 aromatic rings. The van der Waals surface area contributed by atoms with Crippen LogP contribution in [0.1, 0.15) is 6.92 Å². The molecule has 1 rings (SSSR count). The van der Waals surface area contributed by atoms with Gasteiger partial charge in [-0.1, -0.05) is 6.58 Å². The number of rotatable bonds is 3. The molecule has 1 unspecified atom stereocenters. The predicted octanol–water partition coefficient (Wildman–Crippen LogP) is 0.506.